The molecule has 0 saturated carbocycles. The van der Waals surface area contributed by atoms with E-state index in [4.69, 9.17) is 9.79 Å². The number of hydrogen-bond acceptors (Lipinski definition) is 4. The first-order chi connectivity index (χ1) is 6.01. The molecule has 0 aliphatic heterocycles. The van der Waals surface area contributed by atoms with E-state index in [1.165, 1.54) is 24.3 Å². The molecule has 0 fully saturated rings. The lowest BCUT2D eigenvalue weighted by Crippen LogP contribution is -1.88. The molecule has 0 aliphatic rings. The maximum Gasteiger partial charge on any atom is 0.524 e. The Bertz CT molecular complexity index is 343. The first-order valence-corrected chi connectivity index (χ1v) is 4.73. The SMILES string of the molecule is O=Nc1ccc(OP(=O)(O)O)cc1. The molecular weight excluding hydrogens is 197 g/mol. The van der Waals surface area contributed by atoms with E-state index in [1.807, 2.05) is 0 Å². The molecule has 1 rings (SSSR count). The van der Waals surface area contributed by atoms with Crippen molar-refractivity contribution in [3.8, 4) is 5.75 Å². The van der Waals surface area contributed by atoms with Crippen LogP contribution < -0.4 is 4.52 Å². The molecule has 0 saturated heterocycles. The van der Waals surface area contributed by atoms with E-state index in [1.54, 1.807) is 0 Å². The van der Waals surface area contributed by atoms with Crippen molar-refractivity contribution in [3.63, 3.8) is 0 Å². The number of benzene rings is 1. The zero-order valence-electron chi connectivity index (χ0n) is 6.32. The molecule has 7 heteroatoms. The molecule has 1 aromatic carbocycles. The summed E-state index contributed by atoms with van der Waals surface area (Å²) in [5, 5.41) is 2.61. The van der Waals surface area contributed by atoms with Crippen LogP contribution in [0.1, 0.15) is 0 Å². The lowest BCUT2D eigenvalue weighted by atomic mass is 10.3. The molecule has 1 aromatic rings. The number of nitroso groups, excluding NO2 is 1. The van der Waals surface area contributed by atoms with Gasteiger partial charge in [0.15, 0.2) is 0 Å². The highest BCUT2D eigenvalue weighted by atomic mass is 31.2. The van der Waals surface area contributed by atoms with Gasteiger partial charge in [0.2, 0.25) is 0 Å². The van der Waals surface area contributed by atoms with Gasteiger partial charge in [-0.3, -0.25) is 9.79 Å². The third kappa shape index (κ3) is 3.33. The van der Waals surface area contributed by atoms with Gasteiger partial charge in [0.25, 0.3) is 0 Å². The molecule has 0 radical (unpaired) electrons. The van der Waals surface area contributed by atoms with E-state index >= 15 is 0 Å². The minimum Gasteiger partial charge on any atom is -0.404 e. The average molecular weight is 203 g/mol. The standard InChI is InChI=1S/C6H6NO5P/c8-7-5-1-3-6(4-2-5)12-13(9,10)11/h1-4H,(H2,9,10,11). The summed E-state index contributed by atoms with van der Waals surface area (Å²) in [5.74, 6) is -0.0132. The van der Waals surface area contributed by atoms with Crippen LogP contribution in [0.5, 0.6) is 5.75 Å². The highest BCUT2D eigenvalue weighted by Crippen LogP contribution is 2.37. The van der Waals surface area contributed by atoms with E-state index in [2.05, 4.69) is 9.70 Å². The molecule has 70 valence electrons. The van der Waals surface area contributed by atoms with Gasteiger partial charge in [0, 0.05) is 0 Å². The number of rotatable bonds is 3. The summed E-state index contributed by atoms with van der Waals surface area (Å²) in [6.45, 7) is 0. The number of phosphoric ester groups is 1. The molecule has 0 atom stereocenters. The molecule has 0 aliphatic carbocycles. The highest BCUT2D eigenvalue weighted by molar-refractivity contribution is 7.46. The van der Waals surface area contributed by atoms with Crippen molar-refractivity contribution in [2.24, 2.45) is 5.18 Å². The summed E-state index contributed by atoms with van der Waals surface area (Å²) >= 11 is 0. The molecule has 0 aromatic heterocycles. The second kappa shape index (κ2) is 3.66. The van der Waals surface area contributed by atoms with Crippen LogP contribution in [-0.2, 0) is 4.57 Å². The summed E-state index contributed by atoms with van der Waals surface area (Å²) < 4.78 is 14.6. The third-order valence-corrected chi connectivity index (χ3v) is 1.62. The summed E-state index contributed by atoms with van der Waals surface area (Å²) in [6.07, 6.45) is 0. The van der Waals surface area contributed by atoms with Crippen molar-refractivity contribution in [2.75, 3.05) is 0 Å². The molecule has 0 spiro atoms. The van der Waals surface area contributed by atoms with Crippen molar-refractivity contribution < 1.29 is 18.9 Å². The largest absolute Gasteiger partial charge is 0.524 e. The Morgan fingerprint density at radius 3 is 2.15 bits per heavy atom. The zero-order chi connectivity index (χ0) is 9.90. The van der Waals surface area contributed by atoms with Gasteiger partial charge in [-0.2, -0.15) is 0 Å². The summed E-state index contributed by atoms with van der Waals surface area (Å²) in [6, 6.07) is 5.07. The van der Waals surface area contributed by atoms with Crippen LogP contribution in [0.15, 0.2) is 29.4 Å². The third-order valence-electron chi connectivity index (χ3n) is 1.17. The fourth-order valence-electron chi connectivity index (χ4n) is 0.705. The molecule has 0 amide bonds. The van der Waals surface area contributed by atoms with Crippen molar-refractivity contribution in [1.82, 2.24) is 0 Å². The maximum atomic E-state index is 10.3. The topological polar surface area (TPSA) is 96.2 Å². The van der Waals surface area contributed by atoms with Gasteiger partial charge in [0.05, 0.1) is 0 Å². The Hall–Kier alpha value is -1.23. The van der Waals surface area contributed by atoms with E-state index in [0.29, 0.717) is 0 Å². The Morgan fingerprint density at radius 1 is 1.23 bits per heavy atom. The Labute approximate surface area is 73.4 Å². The Kier molecular flexibility index (Phi) is 2.77. The molecule has 2 N–H and O–H groups in total. The van der Waals surface area contributed by atoms with E-state index in [9.17, 15) is 9.47 Å². The number of nitrogens with zero attached hydrogens (tertiary/aromatic N) is 1. The summed E-state index contributed by atoms with van der Waals surface area (Å²) in [4.78, 5) is 26.8. The quantitative estimate of drug-likeness (QED) is 0.573. The van der Waals surface area contributed by atoms with Crippen LogP contribution in [0.2, 0.25) is 0 Å². The molecular formula is C6H6NO5P. The van der Waals surface area contributed by atoms with Gasteiger partial charge in [-0.25, -0.2) is 4.57 Å². The normalized spacial score (nSPS) is 10.9. The molecule has 0 heterocycles. The van der Waals surface area contributed by atoms with E-state index in [0.717, 1.165) is 0 Å². The average Bonchev–Trinajstić information content (AvgIpc) is 2.03. The fourth-order valence-corrected chi connectivity index (χ4v) is 1.10. The van der Waals surface area contributed by atoms with E-state index in [-0.39, 0.29) is 11.4 Å². The Morgan fingerprint density at radius 2 is 1.77 bits per heavy atom. The molecule has 6 nitrogen and oxygen atoms in total. The van der Waals surface area contributed by atoms with Gasteiger partial charge >= 0.3 is 7.82 Å². The van der Waals surface area contributed by atoms with Gasteiger partial charge < -0.3 is 4.52 Å². The van der Waals surface area contributed by atoms with Crippen LogP contribution in [0.3, 0.4) is 0 Å². The minimum atomic E-state index is -4.52. The predicted molar refractivity (Wildman–Crippen MR) is 44.6 cm³/mol. The van der Waals surface area contributed by atoms with Crippen LogP contribution in [0.25, 0.3) is 0 Å². The van der Waals surface area contributed by atoms with Gasteiger partial charge in [-0.1, -0.05) is 0 Å². The smallest absolute Gasteiger partial charge is 0.404 e. The minimum absolute atomic E-state index is 0.0132. The second-order valence-corrected chi connectivity index (χ2v) is 3.33. The summed E-state index contributed by atoms with van der Waals surface area (Å²) in [7, 11) is -4.52. The van der Waals surface area contributed by atoms with Crippen LogP contribution in [-0.4, -0.2) is 9.79 Å². The molecule has 13 heavy (non-hydrogen) atoms. The van der Waals surface area contributed by atoms with Crippen LogP contribution in [0.4, 0.5) is 5.69 Å². The van der Waals surface area contributed by atoms with Crippen LogP contribution in [0, 0.1) is 4.91 Å². The van der Waals surface area contributed by atoms with Crippen molar-refractivity contribution >= 4 is 13.5 Å². The number of hydrogen-bond donors (Lipinski definition) is 2. The van der Waals surface area contributed by atoms with Crippen molar-refractivity contribution in [3.05, 3.63) is 29.2 Å². The second-order valence-electron chi connectivity index (χ2n) is 2.17. The first-order valence-electron chi connectivity index (χ1n) is 3.20. The summed E-state index contributed by atoms with van der Waals surface area (Å²) in [5.41, 5.74) is 0.165. The lowest BCUT2D eigenvalue weighted by Gasteiger charge is -2.05. The van der Waals surface area contributed by atoms with Crippen molar-refractivity contribution in [1.29, 1.82) is 0 Å². The van der Waals surface area contributed by atoms with Crippen molar-refractivity contribution in [2.45, 2.75) is 0 Å². The predicted octanol–water partition coefficient (Wildman–Crippen LogP) is 1.56. The fraction of sp³-hybridized carbons (Fsp3) is 0. The molecule has 0 unspecified atom stereocenters. The highest BCUT2D eigenvalue weighted by Gasteiger charge is 2.15. The van der Waals surface area contributed by atoms with Gasteiger partial charge in [-0.15, -0.1) is 4.91 Å². The van der Waals surface area contributed by atoms with Crippen LogP contribution >= 0.6 is 7.82 Å². The first kappa shape index (κ1) is 9.85. The lowest BCUT2D eigenvalue weighted by molar-refractivity contribution is 0.283. The van der Waals surface area contributed by atoms with E-state index < -0.39 is 7.82 Å². The zero-order valence-corrected chi connectivity index (χ0v) is 7.22. The molecule has 0 bridgehead atoms. The maximum absolute atomic E-state index is 10.3. The van der Waals surface area contributed by atoms with Gasteiger partial charge in [-0.05, 0) is 29.4 Å². The monoisotopic (exact) mass is 203 g/mol. The Balaban J connectivity index is 2.81. The van der Waals surface area contributed by atoms with Gasteiger partial charge in [0.1, 0.15) is 11.4 Å². The number of phosphoric acid groups is 1.